The van der Waals surface area contributed by atoms with Crippen molar-refractivity contribution in [2.24, 2.45) is 5.84 Å². The summed E-state index contributed by atoms with van der Waals surface area (Å²) in [6, 6.07) is 4.08. The van der Waals surface area contributed by atoms with Gasteiger partial charge in [-0.25, -0.2) is 5.84 Å². The Kier molecular flexibility index (Phi) is 4.41. The van der Waals surface area contributed by atoms with Crippen LogP contribution in [0.3, 0.4) is 0 Å². The summed E-state index contributed by atoms with van der Waals surface area (Å²) in [5.74, 6) is 4.63. The molecule has 1 amide bonds. The molecule has 0 fully saturated rings. The van der Waals surface area contributed by atoms with E-state index in [1.54, 1.807) is 0 Å². The summed E-state index contributed by atoms with van der Waals surface area (Å²) in [6.07, 6.45) is -0.839. The van der Waals surface area contributed by atoms with Crippen LogP contribution in [-0.4, -0.2) is 16.9 Å². The minimum absolute atomic E-state index is 0.130. The van der Waals surface area contributed by atoms with Gasteiger partial charge in [-0.05, 0) is 13.0 Å². The normalized spacial score (nSPS) is 11.7. The second kappa shape index (κ2) is 5.60. The van der Waals surface area contributed by atoms with Gasteiger partial charge in [0.2, 0.25) is 0 Å². The lowest BCUT2D eigenvalue weighted by atomic mass is 10.3. The van der Waals surface area contributed by atoms with Gasteiger partial charge in [0.05, 0.1) is 11.0 Å². The van der Waals surface area contributed by atoms with Crippen LogP contribution in [0.4, 0.5) is 5.69 Å². The van der Waals surface area contributed by atoms with Crippen molar-refractivity contribution in [3.05, 3.63) is 32.8 Å². The molecule has 1 aromatic carbocycles. The molecule has 0 aliphatic rings. The summed E-state index contributed by atoms with van der Waals surface area (Å²) >= 11 is 3.12. The Balaban J connectivity index is 2.91. The Morgan fingerprint density at radius 3 is 2.76 bits per heavy atom. The first-order valence-corrected chi connectivity index (χ1v) is 5.35. The highest BCUT2D eigenvalue weighted by Crippen LogP contribution is 2.26. The largest absolute Gasteiger partial charge is 0.481 e. The van der Waals surface area contributed by atoms with Crippen LogP contribution in [0.5, 0.6) is 5.75 Å². The number of rotatable bonds is 4. The molecule has 7 nitrogen and oxygen atoms in total. The lowest BCUT2D eigenvalue weighted by molar-refractivity contribution is -0.385. The molecule has 8 heteroatoms. The van der Waals surface area contributed by atoms with Gasteiger partial charge in [0.25, 0.3) is 11.6 Å². The fourth-order valence-electron chi connectivity index (χ4n) is 1.10. The van der Waals surface area contributed by atoms with Crippen LogP contribution < -0.4 is 16.0 Å². The van der Waals surface area contributed by atoms with Crippen molar-refractivity contribution in [1.29, 1.82) is 0 Å². The molecule has 0 spiro atoms. The number of ether oxygens (including phenoxy) is 1. The van der Waals surface area contributed by atoms with Crippen molar-refractivity contribution in [3.63, 3.8) is 0 Å². The molecule has 0 heterocycles. The van der Waals surface area contributed by atoms with Gasteiger partial charge in [-0.1, -0.05) is 15.9 Å². The lowest BCUT2D eigenvalue weighted by Crippen LogP contribution is -2.40. The van der Waals surface area contributed by atoms with Crippen LogP contribution in [-0.2, 0) is 4.79 Å². The fourth-order valence-corrected chi connectivity index (χ4v) is 1.56. The lowest BCUT2D eigenvalue weighted by Gasteiger charge is -2.12. The van der Waals surface area contributed by atoms with Crippen LogP contribution >= 0.6 is 15.9 Å². The van der Waals surface area contributed by atoms with E-state index in [0.29, 0.717) is 4.47 Å². The highest BCUT2D eigenvalue weighted by Gasteiger charge is 2.16. The second-order valence-electron chi connectivity index (χ2n) is 3.17. The Bertz CT molecular complexity index is 452. The van der Waals surface area contributed by atoms with Gasteiger partial charge in [-0.2, -0.15) is 0 Å². The molecule has 0 aliphatic heterocycles. The molecule has 92 valence electrons. The summed E-state index contributed by atoms with van der Waals surface area (Å²) < 4.78 is 5.70. The zero-order chi connectivity index (χ0) is 13.0. The summed E-state index contributed by atoms with van der Waals surface area (Å²) in [6.45, 7) is 1.48. The van der Waals surface area contributed by atoms with Gasteiger partial charge in [0, 0.05) is 10.5 Å². The number of hydrogen-bond acceptors (Lipinski definition) is 5. The van der Waals surface area contributed by atoms with Crippen molar-refractivity contribution in [1.82, 2.24) is 5.43 Å². The Morgan fingerprint density at radius 2 is 2.24 bits per heavy atom. The van der Waals surface area contributed by atoms with Crippen molar-refractivity contribution < 1.29 is 14.5 Å². The number of nitro benzene ring substituents is 1. The standard InChI is InChI=1S/C9H10BrN3O4/c1-5(9(14)12-11)17-8-3-6(10)2-7(4-8)13(15)16/h2-5H,11H2,1H3,(H,12,14). The maximum absolute atomic E-state index is 11.1. The highest BCUT2D eigenvalue weighted by atomic mass is 79.9. The third kappa shape index (κ3) is 3.68. The van der Waals surface area contributed by atoms with E-state index in [9.17, 15) is 14.9 Å². The number of hydrazine groups is 1. The fraction of sp³-hybridized carbons (Fsp3) is 0.222. The number of nitrogens with two attached hydrogens (primary N) is 1. The van der Waals surface area contributed by atoms with Gasteiger partial charge < -0.3 is 4.74 Å². The maximum Gasteiger partial charge on any atom is 0.274 e. The second-order valence-corrected chi connectivity index (χ2v) is 4.09. The summed E-state index contributed by atoms with van der Waals surface area (Å²) in [5, 5.41) is 10.6. The molecule has 1 atom stereocenters. The molecule has 17 heavy (non-hydrogen) atoms. The number of halogens is 1. The van der Waals surface area contributed by atoms with E-state index in [-0.39, 0.29) is 11.4 Å². The number of non-ortho nitro benzene ring substituents is 1. The number of benzene rings is 1. The Hall–Kier alpha value is -1.67. The molecule has 0 saturated heterocycles. The van der Waals surface area contributed by atoms with E-state index < -0.39 is 16.9 Å². The predicted octanol–water partition coefficient (Wildman–Crippen LogP) is 1.11. The summed E-state index contributed by atoms with van der Waals surface area (Å²) in [4.78, 5) is 21.2. The van der Waals surface area contributed by atoms with Gasteiger partial charge in [0.1, 0.15) is 5.75 Å². The molecule has 0 aromatic heterocycles. The molecule has 0 saturated carbocycles. The van der Waals surface area contributed by atoms with E-state index in [4.69, 9.17) is 10.6 Å². The minimum Gasteiger partial charge on any atom is -0.481 e. The van der Waals surface area contributed by atoms with Gasteiger partial charge in [0.15, 0.2) is 6.10 Å². The average Bonchev–Trinajstić information content (AvgIpc) is 2.26. The average molecular weight is 304 g/mol. The molecular weight excluding hydrogens is 294 g/mol. The number of nitrogens with one attached hydrogen (secondary N) is 1. The minimum atomic E-state index is -0.839. The third-order valence-corrected chi connectivity index (χ3v) is 2.35. The third-order valence-electron chi connectivity index (χ3n) is 1.89. The molecule has 1 unspecified atom stereocenters. The van der Waals surface area contributed by atoms with Crippen LogP contribution in [0.15, 0.2) is 22.7 Å². The number of carbonyl (C=O) groups excluding carboxylic acids is 1. The zero-order valence-electron chi connectivity index (χ0n) is 8.84. The Morgan fingerprint density at radius 1 is 1.59 bits per heavy atom. The zero-order valence-corrected chi connectivity index (χ0v) is 10.4. The van der Waals surface area contributed by atoms with E-state index in [2.05, 4.69) is 15.9 Å². The van der Waals surface area contributed by atoms with Crippen LogP contribution in [0.25, 0.3) is 0 Å². The molecule has 1 aromatic rings. The topological polar surface area (TPSA) is 107 Å². The molecule has 3 N–H and O–H groups in total. The van der Waals surface area contributed by atoms with E-state index >= 15 is 0 Å². The number of nitrogens with zero attached hydrogens (tertiary/aromatic N) is 1. The first-order chi connectivity index (χ1) is 7.93. The van der Waals surface area contributed by atoms with Crippen molar-refractivity contribution in [2.75, 3.05) is 0 Å². The smallest absolute Gasteiger partial charge is 0.274 e. The van der Waals surface area contributed by atoms with Crippen LogP contribution in [0.1, 0.15) is 6.92 Å². The SMILES string of the molecule is CC(Oc1cc(Br)cc([N+](=O)[O-])c1)C(=O)NN. The molecule has 1 rings (SSSR count). The van der Waals surface area contributed by atoms with E-state index in [1.165, 1.54) is 25.1 Å². The quantitative estimate of drug-likeness (QED) is 0.375. The van der Waals surface area contributed by atoms with E-state index in [0.717, 1.165) is 0 Å². The van der Waals surface area contributed by atoms with Gasteiger partial charge >= 0.3 is 0 Å². The molecule has 0 aliphatic carbocycles. The first-order valence-electron chi connectivity index (χ1n) is 4.56. The van der Waals surface area contributed by atoms with Crippen molar-refractivity contribution in [3.8, 4) is 5.75 Å². The maximum atomic E-state index is 11.1. The Labute approximate surface area is 105 Å². The van der Waals surface area contributed by atoms with Gasteiger partial charge in [-0.15, -0.1) is 0 Å². The van der Waals surface area contributed by atoms with E-state index in [1.807, 2.05) is 5.43 Å². The number of amides is 1. The first kappa shape index (κ1) is 13.4. The van der Waals surface area contributed by atoms with Crippen LogP contribution in [0, 0.1) is 10.1 Å². The summed E-state index contributed by atoms with van der Waals surface area (Å²) in [5.41, 5.74) is 1.80. The molecular formula is C9H10BrN3O4. The summed E-state index contributed by atoms with van der Waals surface area (Å²) in [7, 11) is 0. The number of carbonyl (C=O) groups is 1. The monoisotopic (exact) mass is 303 g/mol. The van der Waals surface area contributed by atoms with Crippen molar-refractivity contribution >= 4 is 27.5 Å². The predicted molar refractivity (Wildman–Crippen MR) is 63.2 cm³/mol. The highest BCUT2D eigenvalue weighted by molar-refractivity contribution is 9.10. The van der Waals surface area contributed by atoms with Gasteiger partial charge in [-0.3, -0.25) is 20.3 Å². The molecule has 0 bridgehead atoms. The number of nitro groups is 1. The van der Waals surface area contributed by atoms with Crippen LogP contribution in [0.2, 0.25) is 0 Å². The molecule has 0 radical (unpaired) electrons. The number of hydrogen-bond donors (Lipinski definition) is 2. The van der Waals surface area contributed by atoms with Crippen molar-refractivity contribution in [2.45, 2.75) is 13.0 Å².